The van der Waals surface area contributed by atoms with Gasteiger partial charge in [-0.15, -0.1) is 5.10 Å². The van der Waals surface area contributed by atoms with E-state index < -0.39 is 5.54 Å². The number of aromatic nitrogens is 3. The predicted molar refractivity (Wildman–Crippen MR) is 98.9 cm³/mol. The summed E-state index contributed by atoms with van der Waals surface area (Å²) in [7, 11) is 0. The molecule has 0 spiro atoms. The van der Waals surface area contributed by atoms with Gasteiger partial charge in [0.15, 0.2) is 0 Å². The Morgan fingerprint density at radius 2 is 2.08 bits per heavy atom. The average Bonchev–Trinajstić information content (AvgIpc) is 3.57. The summed E-state index contributed by atoms with van der Waals surface area (Å²) >= 11 is 1.32. The Labute approximate surface area is 157 Å². The summed E-state index contributed by atoms with van der Waals surface area (Å²) in [6.07, 6.45) is 4.28. The first-order valence-electron chi connectivity index (χ1n) is 8.96. The van der Waals surface area contributed by atoms with Gasteiger partial charge in [-0.05, 0) is 50.7 Å². The van der Waals surface area contributed by atoms with Gasteiger partial charge in [0, 0.05) is 5.92 Å². The number of nitrogens with one attached hydrogen (secondary N) is 1. The number of hydrogen-bond acceptors (Lipinski definition) is 5. The van der Waals surface area contributed by atoms with Crippen LogP contribution in [0.4, 0.5) is 0 Å². The fourth-order valence-electron chi connectivity index (χ4n) is 3.07. The summed E-state index contributed by atoms with van der Waals surface area (Å²) in [6, 6.07) is 12.2. The summed E-state index contributed by atoms with van der Waals surface area (Å²) in [4.78, 5) is 16.9. The molecule has 0 aliphatic heterocycles. The van der Waals surface area contributed by atoms with Crippen molar-refractivity contribution in [1.82, 2.24) is 20.1 Å². The Morgan fingerprint density at radius 3 is 2.69 bits per heavy atom. The minimum Gasteiger partial charge on any atom is -0.337 e. The van der Waals surface area contributed by atoms with E-state index in [0.29, 0.717) is 11.1 Å². The molecule has 134 valence electrons. The Hall–Kier alpha value is -2.33. The first-order valence-corrected chi connectivity index (χ1v) is 9.95. The van der Waals surface area contributed by atoms with Gasteiger partial charge in [-0.25, -0.2) is 9.67 Å². The Balaban J connectivity index is 1.44. The van der Waals surface area contributed by atoms with Gasteiger partial charge >= 0.3 is 0 Å². The monoisotopic (exact) mass is 367 g/mol. The maximum Gasteiger partial charge on any atom is 0.231 e. The molecule has 0 saturated heterocycles. The standard InChI is InChI=1S/C19H21N5OS/c1-19(12-20,14-9-10-14)22-16(25)11-26-18-21-17(13-7-8-13)24(23-18)15-5-3-2-4-6-15/h2-6,13-14H,7-11H2,1H3,(H,22,25)/t19-/m0/s1. The first-order chi connectivity index (χ1) is 12.6. The van der Waals surface area contributed by atoms with Crippen LogP contribution < -0.4 is 5.32 Å². The Kier molecular flexibility index (Phi) is 4.45. The third kappa shape index (κ3) is 3.61. The van der Waals surface area contributed by atoms with E-state index in [2.05, 4.69) is 21.5 Å². The zero-order chi connectivity index (χ0) is 18.1. The lowest BCUT2D eigenvalue weighted by Gasteiger charge is -2.22. The maximum atomic E-state index is 12.3. The molecule has 26 heavy (non-hydrogen) atoms. The van der Waals surface area contributed by atoms with Crippen LogP contribution in [0, 0.1) is 17.2 Å². The Bertz CT molecular complexity index is 851. The van der Waals surface area contributed by atoms with Crippen LogP contribution >= 0.6 is 11.8 Å². The molecule has 0 bridgehead atoms. The predicted octanol–water partition coefficient (Wildman–Crippen LogP) is 3.05. The van der Waals surface area contributed by atoms with E-state index in [-0.39, 0.29) is 17.6 Å². The normalized spacial score (nSPS) is 18.8. The zero-order valence-electron chi connectivity index (χ0n) is 14.7. The van der Waals surface area contributed by atoms with Crippen LogP contribution in [0.15, 0.2) is 35.5 Å². The van der Waals surface area contributed by atoms with E-state index in [9.17, 15) is 10.1 Å². The van der Waals surface area contributed by atoms with Crippen LogP contribution in [0.25, 0.3) is 5.69 Å². The van der Waals surface area contributed by atoms with Crippen molar-refractivity contribution in [2.24, 2.45) is 5.92 Å². The molecule has 2 aliphatic carbocycles. The van der Waals surface area contributed by atoms with Gasteiger partial charge in [-0.3, -0.25) is 4.79 Å². The van der Waals surface area contributed by atoms with Gasteiger partial charge in [0.2, 0.25) is 11.1 Å². The fourth-order valence-corrected chi connectivity index (χ4v) is 3.70. The number of thioether (sulfide) groups is 1. The maximum absolute atomic E-state index is 12.3. The molecule has 1 atom stereocenters. The SMILES string of the molecule is C[C@@](C#N)(NC(=O)CSc1nc(C2CC2)n(-c2ccccc2)n1)C1CC1. The number of nitriles is 1. The zero-order valence-corrected chi connectivity index (χ0v) is 15.5. The third-order valence-electron chi connectivity index (χ3n) is 4.91. The van der Waals surface area contributed by atoms with Crippen molar-refractivity contribution < 1.29 is 4.79 Å². The molecule has 0 unspecified atom stereocenters. The van der Waals surface area contributed by atoms with Crippen molar-refractivity contribution in [3.63, 3.8) is 0 Å². The van der Waals surface area contributed by atoms with E-state index >= 15 is 0 Å². The minimum atomic E-state index is -0.756. The molecule has 7 heteroatoms. The van der Waals surface area contributed by atoms with Crippen LogP contribution in [-0.2, 0) is 4.79 Å². The molecule has 2 fully saturated rings. The molecule has 1 N–H and O–H groups in total. The lowest BCUT2D eigenvalue weighted by molar-refractivity contribution is -0.119. The Morgan fingerprint density at radius 1 is 1.35 bits per heavy atom. The number of carbonyl (C=O) groups is 1. The van der Waals surface area contributed by atoms with E-state index in [0.717, 1.165) is 37.2 Å². The number of rotatable bonds is 7. The van der Waals surface area contributed by atoms with Crippen molar-refractivity contribution >= 4 is 17.7 Å². The van der Waals surface area contributed by atoms with E-state index in [1.165, 1.54) is 11.8 Å². The summed E-state index contributed by atoms with van der Waals surface area (Å²) in [5.41, 5.74) is 0.234. The average molecular weight is 367 g/mol. The van der Waals surface area contributed by atoms with Gasteiger partial charge in [-0.2, -0.15) is 5.26 Å². The molecule has 1 aromatic carbocycles. The lowest BCUT2D eigenvalue weighted by atomic mass is 9.98. The minimum absolute atomic E-state index is 0.144. The van der Waals surface area contributed by atoms with Crippen molar-refractivity contribution in [3.05, 3.63) is 36.2 Å². The molecule has 1 heterocycles. The number of nitrogens with zero attached hydrogens (tertiary/aromatic N) is 4. The molecule has 2 aromatic rings. The third-order valence-corrected chi connectivity index (χ3v) is 5.75. The van der Waals surface area contributed by atoms with Crippen LogP contribution in [0.2, 0.25) is 0 Å². The van der Waals surface area contributed by atoms with Gasteiger partial charge < -0.3 is 5.32 Å². The van der Waals surface area contributed by atoms with Crippen molar-refractivity contribution in [2.45, 2.75) is 49.2 Å². The molecule has 1 aromatic heterocycles. The van der Waals surface area contributed by atoms with Crippen LogP contribution in [0.1, 0.15) is 44.3 Å². The van der Waals surface area contributed by atoms with Gasteiger partial charge in [-0.1, -0.05) is 30.0 Å². The highest BCUT2D eigenvalue weighted by Gasteiger charge is 2.43. The number of amides is 1. The van der Waals surface area contributed by atoms with E-state index in [4.69, 9.17) is 0 Å². The van der Waals surface area contributed by atoms with Gasteiger partial charge in [0.05, 0.1) is 17.5 Å². The second kappa shape index (κ2) is 6.76. The smallest absolute Gasteiger partial charge is 0.231 e. The number of carbonyl (C=O) groups excluding carboxylic acids is 1. The lowest BCUT2D eigenvalue weighted by Crippen LogP contribution is -2.47. The van der Waals surface area contributed by atoms with Crippen molar-refractivity contribution in [1.29, 1.82) is 5.26 Å². The number of para-hydroxylation sites is 1. The van der Waals surface area contributed by atoms with Crippen LogP contribution in [0.5, 0.6) is 0 Å². The second-order valence-corrected chi connectivity index (χ2v) is 8.14. The summed E-state index contributed by atoms with van der Waals surface area (Å²) in [5, 5.41) is 17.5. The second-order valence-electron chi connectivity index (χ2n) is 7.20. The highest BCUT2D eigenvalue weighted by molar-refractivity contribution is 7.99. The fraction of sp³-hybridized carbons (Fsp3) is 0.474. The van der Waals surface area contributed by atoms with Crippen molar-refractivity contribution in [2.75, 3.05) is 5.75 Å². The molecule has 6 nitrogen and oxygen atoms in total. The molecular formula is C19H21N5OS. The van der Waals surface area contributed by atoms with Crippen molar-refractivity contribution in [3.8, 4) is 11.8 Å². The first kappa shape index (κ1) is 17.1. The highest BCUT2D eigenvalue weighted by atomic mass is 32.2. The molecule has 2 saturated carbocycles. The molecule has 0 radical (unpaired) electrons. The summed E-state index contributed by atoms with van der Waals surface area (Å²) in [6.45, 7) is 1.81. The number of hydrogen-bond donors (Lipinski definition) is 1. The summed E-state index contributed by atoms with van der Waals surface area (Å²) in [5.74, 6) is 1.78. The topological polar surface area (TPSA) is 83.6 Å². The van der Waals surface area contributed by atoms with Gasteiger partial charge in [0.1, 0.15) is 11.4 Å². The highest BCUT2D eigenvalue weighted by Crippen LogP contribution is 2.41. The van der Waals surface area contributed by atoms with Crippen LogP contribution in [0.3, 0.4) is 0 Å². The molecular weight excluding hydrogens is 346 g/mol. The van der Waals surface area contributed by atoms with Gasteiger partial charge in [0.25, 0.3) is 0 Å². The summed E-state index contributed by atoms with van der Waals surface area (Å²) < 4.78 is 1.89. The van der Waals surface area contributed by atoms with Crippen LogP contribution in [-0.4, -0.2) is 32.0 Å². The molecule has 4 rings (SSSR count). The number of benzene rings is 1. The quantitative estimate of drug-likeness (QED) is 0.761. The van der Waals surface area contributed by atoms with E-state index in [1.807, 2.05) is 35.0 Å². The van der Waals surface area contributed by atoms with E-state index in [1.54, 1.807) is 6.92 Å². The largest absolute Gasteiger partial charge is 0.337 e. The molecule has 2 aliphatic rings. The molecule has 1 amide bonds.